The molecule has 6 aliphatic carbocycles. The van der Waals surface area contributed by atoms with Crippen molar-refractivity contribution < 1.29 is 63.2 Å². The van der Waals surface area contributed by atoms with Crippen molar-refractivity contribution in [3.63, 3.8) is 0 Å². The van der Waals surface area contributed by atoms with Crippen molar-refractivity contribution in [3.05, 3.63) is 94.9 Å². The van der Waals surface area contributed by atoms with Crippen LogP contribution < -0.4 is 14.7 Å². The summed E-state index contributed by atoms with van der Waals surface area (Å²) >= 11 is 0. The predicted octanol–water partition coefficient (Wildman–Crippen LogP) is 20.4. The van der Waals surface area contributed by atoms with Crippen LogP contribution in [0, 0.1) is 38.5 Å². The van der Waals surface area contributed by atoms with Crippen LogP contribution in [-0.4, -0.2) is 84.7 Å². The second-order valence-corrected chi connectivity index (χ2v) is 24.7. The fourth-order valence-corrected chi connectivity index (χ4v) is 13.0. The molecule has 482 valence electrons. The van der Waals surface area contributed by atoms with Gasteiger partial charge in [-0.2, -0.15) is 98.2 Å². The Kier molecular flexibility index (Phi) is 45.5. The first-order valence-corrected chi connectivity index (χ1v) is 34.7. The number of piperidine rings is 5. The molecule has 1 aromatic heterocycles. The molecule has 6 atom stereocenters. The van der Waals surface area contributed by atoms with Crippen molar-refractivity contribution in [2.45, 2.75) is 326 Å². The summed E-state index contributed by atoms with van der Waals surface area (Å²) < 4.78 is 0. The van der Waals surface area contributed by atoms with E-state index in [1.165, 1.54) is 193 Å². The van der Waals surface area contributed by atoms with E-state index in [9.17, 15) is 0 Å². The third kappa shape index (κ3) is 30.6. The monoisotopic (exact) mass is 1700 g/mol. The molecule has 12 aliphatic rings. The predicted molar refractivity (Wildman–Crippen MR) is 346 cm³/mol. The molecule has 0 radical (unpaired) electrons. The van der Waals surface area contributed by atoms with Crippen LogP contribution in [0.15, 0.2) is 24.4 Å². The van der Waals surface area contributed by atoms with Crippen LogP contribution in [0.5, 0.6) is 0 Å². The van der Waals surface area contributed by atoms with Gasteiger partial charge in [0.1, 0.15) is 0 Å². The minimum absolute atomic E-state index is 0. The van der Waals surface area contributed by atoms with Crippen molar-refractivity contribution in [1.29, 1.82) is 0 Å². The third-order valence-corrected chi connectivity index (χ3v) is 17.9. The zero-order valence-corrected chi connectivity index (χ0v) is 59.2. The van der Waals surface area contributed by atoms with E-state index in [0.29, 0.717) is 17.8 Å². The van der Waals surface area contributed by atoms with Gasteiger partial charge in [-0.05, 0) is 6.17 Å². The fourth-order valence-electron chi connectivity index (χ4n) is 13.0. The average Bonchev–Trinajstić information content (AvgIpc) is 3.72. The Labute approximate surface area is 560 Å². The zero-order valence-electron chi connectivity index (χ0n) is 52.4. The van der Waals surface area contributed by atoms with Gasteiger partial charge in [0, 0.05) is 0 Å². The van der Waals surface area contributed by atoms with Crippen molar-refractivity contribution in [1.82, 2.24) is 15.0 Å². The SMILES string of the molecule is C1=C[N-]C(N(c2nc(N(C3CCCC[N-]3)C3CCCC[N-]3)nc(N(C3CCCC[N-]3)C3CCCC[N-]3)n2)C2CCCC[N-]2)C=C1.[CH-]1CCCCC1.[CH-]1CCCCC1.[CH-]1CCCCC1.[CH-]1CCCCC1.[CH-]1CCCCC1.[CH-]1CCCCC1.[Pt+4].[Pt+4].[Pt+4]. The van der Waals surface area contributed by atoms with E-state index in [0.717, 1.165) is 129 Å². The Hall–Kier alpha value is -0.445. The molecule has 0 bridgehead atoms. The number of nitrogens with zero attached hydrogens (tertiary/aromatic N) is 12. The summed E-state index contributed by atoms with van der Waals surface area (Å²) in [6.45, 7) is 4.34. The minimum Gasteiger partial charge on any atom is -0.668 e. The van der Waals surface area contributed by atoms with Gasteiger partial charge in [0.05, 0.1) is 0 Å². The molecule has 0 amide bonds. The quantitative estimate of drug-likeness (QED) is 0.226. The first kappa shape index (κ1) is 76.0. The first-order chi connectivity index (χ1) is 40.3. The van der Waals surface area contributed by atoms with E-state index in [2.05, 4.69) is 65.4 Å². The maximum atomic E-state index is 5.38. The second-order valence-electron chi connectivity index (χ2n) is 24.7. The van der Waals surface area contributed by atoms with Crippen LogP contribution in [0.4, 0.5) is 17.8 Å². The number of allylic oxidation sites excluding steroid dienone is 2. The van der Waals surface area contributed by atoms with Crippen LogP contribution in [0.1, 0.15) is 289 Å². The van der Waals surface area contributed by atoms with E-state index >= 15 is 0 Å². The molecule has 12 nitrogen and oxygen atoms in total. The normalized spacial score (nSPS) is 27.7. The molecule has 84 heavy (non-hydrogen) atoms. The number of hydrogen-bond acceptors (Lipinski definition) is 6. The summed E-state index contributed by atoms with van der Waals surface area (Å²) in [6.07, 6.45) is 81.2. The summed E-state index contributed by atoms with van der Waals surface area (Å²) in [7, 11) is 0. The van der Waals surface area contributed by atoms with Crippen LogP contribution >= 0.6 is 0 Å². The molecule has 6 aliphatic heterocycles. The molecule has 6 unspecified atom stereocenters. The van der Waals surface area contributed by atoms with Gasteiger partial charge in [0.2, 0.25) is 17.8 Å². The Balaban J connectivity index is 0.000000308. The van der Waals surface area contributed by atoms with Crippen LogP contribution in [-0.2, 0) is 63.2 Å². The number of aromatic nitrogens is 3. The van der Waals surface area contributed by atoms with Crippen LogP contribution in [0.3, 0.4) is 0 Å². The van der Waals surface area contributed by atoms with Crippen molar-refractivity contribution >= 4 is 17.8 Å². The summed E-state index contributed by atoms with van der Waals surface area (Å²) in [5.41, 5.74) is 0. The molecule has 7 heterocycles. The molecule has 6 saturated carbocycles. The molecule has 0 N–H and O–H groups in total. The molecule has 1 aromatic rings. The van der Waals surface area contributed by atoms with Crippen molar-refractivity contribution in [3.8, 4) is 0 Å². The maximum Gasteiger partial charge on any atom is 4.00 e. The number of anilines is 3. The van der Waals surface area contributed by atoms with E-state index in [4.69, 9.17) is 46.9 Å². The van der Waals surface area contributed by atoms with E-state index in [1.807, 2.05) is 12.3 Å². The minimum atomic E-state index is -0.232. The molecule has 0 spiro atoms. The summed E-state index contributed by atoms with van der Waals surface area (Å²) in [5.74, 6) is 1.98. The van der Waals surface area contributed by atoms with Crippen LogP contribution in [0.2, 0.25) is 0 Å². The largest absolute Gasteiger partial charge is 4.00 e. The zero-order chi connectivity index (χ0) is 55.7. The molecule has 0 aromatic carbocycles. The fraction of sp³-hybridized carbons (Fsp3) is 0.812. The van der Waals surface area contributed by atoms with E-state index < -0.39 is 0 Å². The van der Waals surface area contributed by atoms with Gasteiger partial charge in [-0.15, -0.1) is 32.7 Å². The van der Waals surface area contributed by atoms with Crippen LogP contribution in [0.25, 0.3) is 31.9 Å². The maximum absolute atomic E-state index is 5.38. The Bertz CT molecular complexity index is 1450. The molecule has 15 heteroatoms. The van der Waals surface area contributed by atoms with E-state index in [-0.39, 0.29) is 100 Å². The Morgan fingerprint density at radius 2 is 0.524 bits per heavy atom. The smallest absolute Gasteiger partial charge is 0.668 e. The van der Waals surface area contributed by atoms with E-state index in [1.54, 1.807) is 0 Å². The average molecular weight is 1700 g/mol. The second kappa shape index (κ2) is 50.2. The number of rotatable bonds is 9. The number of hydrogen-bond donors (Lipinski definition) is 0. The molecule has 13 rings (SSSR count). The summed E-state index contributed by atoms with van der Waals surface area (Å²) in [4.78, 5) is 23.0. The van der Waals surface area contributed by atoms with Gasteiger partial charge < -0.3 is 85.1 Å². The molecular weight excluding hydrogens is 1580 g/mol. The van der Waals surface area contributed by atoms with Gasteiger partial charge in [-0.3, -0.25) is 0 Å². The molecule has 5 saturated heterocycles. The van der Waals surface area contributed by atoms with Gasteiger partial charge in [-0.1, -0.05) is 261 Å². The molecule has 11 fully saturated rings. The van der Waals surface area contributed by atoms with Crippen molar-refractivity contribution in [2.75, 3.05) is 47.4 Å². The van der Waals surface area contributed by atoms with Crippen molar-refractivity contribution in [2.24, 2.45) is 0 Å². The summed E-state index contributed by atoms with van der Waals surface area (Å²) in [5, 5.41) is 30.5. The Morgan fingerprint density at radius 1 is 0.286 bits per heavy atom. The topological polar surface area (TPSA) is 133 Å². The van der Waals surface area contributed by atoms with Gasteiger partial charge in [-0.25, -0.2) is 0 Å². The summed E-state index contributed by atoms with van der Waals surface area (Å²) in [6, 6.07) is 0. The Morgan fingerprint density at radius 3 is 0.702 bits per heavy atom. The molecular formula is C69H116N12Pt3. The first-order valence-electron chi connectivity index (χ1n) is 34.7. The van der Waals surface area contributed by atoms with Gasteiger partial charge in [0.25, 0.3) is 0 Å². The third-order valence-electron chi connectivity index (χ3n) is 17.9. The standard InChI is InChI=1S/C33H50N12.6C6H11.3Pt/c1-7-19-34-25(13-1)43(26-14-2-8-20-35-26)31-40-32(44(27-15-3-9-21-36-27)28-16-4-10-22-37-28)42-33(41-31)45(29-17-5-11-23-38-29)30-18-6-12-24-39-30;6*1-2-4-6-5-3-1;;;/h1,7,13,19,25-30H,2-6,8-12,14-18,20-24H2;6*1H,2-6H2;;;/q-6;6*-1;3*+4. The van der Waals surface area contributed by atoms with Gasteiger partial charge >= 0.3 is 63.2 Å². The van der Waals surface area contributed by atoms with Gasteiger partial charge in [0.15, 0.2) is 0 Å².